The second-order valence-electron chi connectivity index (χ2n) is 6.16. The van der Waals surface area contributed by atoms with Gasteiger partial charge in [0.2, 0.25) is 6.10 Å². The molecule has 0 amide bonds. The molecule has 1 saturated heterocycles. The molecule has 8 nitrogen and oxygen atoms in total. The van der Waals surface area contributed by atoms with Crippen LogP contribution in [0.5, 0.6) is 5.75 Å². The van der Waals surface area contributed by atoms with E-state index in [0.717, 1.165) is 0 Å². The number of ether oxygens (including phenoxy) is 3. The number of methoxy groups -OCH3 is 1. The maximum absolute atomic E-state index is 12.8. The van der Waals surface area contributed by atoms with E-state index in [1.807, 2.05) is 0 Å². The minimum Gasteiger partial charge on any atom is -0.497 e. The highest BCUT2D eigenvalue weighted by molar-refractivity contribution is 7.92. The van der Waals surface area contributed by atoms with Crippen LogP contribution in [0.1, 0.15) is 22.3 Å². The highest BCUT2D eigenvalue weighted by atomic mass is 32.2. The fourth-order valence-corrected chi connectivity index (χ4v) is 4.00. The first kappa shape index (κ1) is 19.7. The third-order valence-corrected chi connectivity index (χ3v) is 5.72. The van der Waals surface area contributed by atoms with Crippen LogP contribution < -0.4 is 9.46 Å². The molecule has 2 aromatic carbocycles. The van der Waals surface area contributed by atoms with E-state index in [4.69, 9.17) is 14.2 Å². The van der Waals surface area contributed by atoms with Crippen LogP contribution in [0.2, 0.25) is 0 Å². The van der Waals surface area contributed by atoms with Gasteiger partial charge in [0, 0.05) is 12.1 Å². The van der Waals surface area contributed by atoms with Crippen molar-refractivity contribution in [3.63, 3.8) is 0 Å². The number of nitrogens with one attached hydrogen (secondary N) is 1. The quantitative estimate of drug-likeness (QED) is 0.735. The highest BCUT2D eigenvalue weighted by Gasteiger charge is 2.31. The van der Waals surface area contributed by atoms with Crippen molar-refractivity contribution in [3.8, 4) is 5.75 Å². The minimum absolute atomic E-state index is 0.0282. The normalized spacial score (nSPS) is 16.4. The predicted octanol–water partition coefficient (Wildman–Crippen LogP) is 2.28. The van der Waals surface area contributed by atoms with Crippen molar-refractivity contribution in [2.24, 2.45) is 0 Å². The van der Waals surface area contributed by atoms with Gasteiger partial charge in [-0.2, -0.15) is 0 Å². The molecule has 1 heterocycles. The number of cyclic esters (lactones) is 1. The number of esters is 2. The van der Waals surface area contributed by atoms with Crippen LogP contribution in [-0.2, 0) is 24.3 Å². The van der Waals surface area contributed by atoms with Gasteiger partial charge in [0.05, 0.1) is 24.2 Å². The van der Waals surface area contributed by atoms with Gasteiger partial charge in [0.15, 0.2) is 0 Å². The molecule has 1 atom stereocenters. The Morgan fingerprint density at radius 3 is 2.50 bits per heavy atom. The molecule has 0 bridgehead atoms. The SMILES string of the molecule is COc1ccc(NS(=O)(=O)c2cc(C(=O)O[C@@H]3CCOC3=O)ccc2C)cc1. The number of rotatable bonds is 6. The number of hydrogen-bond acceptors (Lipinski definition) is 7. The number of aryl methyl sites for hydroxylation is 1. The fraction of sp³-hybridized carbons (Fsp3) is 0.263. The lowest BCUT2D eigenvalue weighted by Crippen LogP contribution is -2.23. The fourth-order valence-electron chi connectivity index (χ4n) is 2.67. The van der Waals surface area contributed by atoms with E-state index < -0.39 is 28.1 Å². The van der Waals surface area contributed by atoms with E-state index in [-0.39, 0.29) is 23.5 Å². The number of carbonyl (C=O) groups excluding carboxylic acids is 2. The zero-order chi connectivity index (χ0) is 20.3. The Morgan fingerprint density at radius 1 is 1.18 bits per heavy atom. The Bertz CT molecular complexity index is 999. The molecule has 0 aliphatic carbocycles. The van der Waals surface area contributed by atoms with E-state index in [9.17, 15) is 18.0 Å². The molecule has 1 fully saturated rings. The predicted molar refractivity (Wildman–Crippen MR) is 99.8 cm³/mol. The molecule has 2 aromatic rings. The summed E-state index contributed by atoms with van der Waals surface area (Å²) in [7, 11) is -2.44. The van der Waals surface area contributed by atoms with Crippen LogP contribution >= 0.6 is 0 Å². The number of hydrogen-bond donors (Lipinski definition) is 1. The molecular weight excluding hydrogens is 386 g/mol. The van der Waals surface area contributed by atoms with Crippen LogP contribution in [0.4, 0.5) is 5.69 Å². The van der Waals surface area contributed by atoms with Gasteiger partial charge in [0.25, 0.3) is 10.0 Å². The van der Waals surface area contributed by atoms with Crippen molar-refractivity contribution in [2.75, 3.05) is 18.4 Å². The Morgan fingerprint density at radius 2 is 1.89 bits per heavy atom. The standard InChI is InChI=1S/C19H19NO7S/c1-12-3-4-13(18(21)27-16-9-10-26-19(16)22)11-17(12)28(23,24)20-14-5-7-15(25-2)8-6-14/h3-8,11,16,20H,9-10H2,1-2H3/t16-/m1/s1. The van der Waals surface area contributed by atoms with Gasteiger partial charge in [-0.15, -0.1) is 0 Å². The summed E-state index contributed by atoms with van der Waals surface area (Å²) in [5, 5.41) is 0. The second-order valence-corrected chi connectivity index (χ2v) is 7.82. The first-order chi connectivity index (χ1) is 13.3. The lowest BCUT2D eigenvalue weighted by atomic mass is 10.1. The highest BCUT2D eigenvalue weighted by Crippen LogP contribution is 2.23. The number of carbonyl (C=O) groups is 2. The number of benzene rings is 2. The summed E-state index contributed by atoms with van der Waals surface area (Å²) in [5.41, 5.74) is 0.833. The van der Waals surface area contributed by atoms with Crippen molar-refractivity contribution in [2.45, 2.75) is 24.3 Å². The summed E-state index contributed by atoms with van der Waals surface area (Å²) >= 11 is 0. The summed E-state index contributed by atoms with van der Waals surface area (Å²) in [6.45, 7) is 1.81. The van der Waals surface area contributed by atoms with Crippen molar-refractivity contribution < 1.29 is 32.2 Å². The van der Waals surface area contributed by atoms with E-state index in [0.29, 0.717) is 17.0 Å². The number of anilines is 1. The molecule has 0 unspecified atom stereocenters. The molecule has 1 aliphatic heterocycles. The molecule has 9 heteroatoms. The third-order valence-electron chi connectivity index (χ3n) is 4.19. The van der Waals surface area contributed by atoms with Gasteiger partial charge in [0.1, 0.15) is 5.75 Å². The molecule has 3 rings (SSSR count). The smallest absolute Gasteiger partial charge is 0.347 e. The topological polar surface area (TPSA) is 108 Å². The third kappa shape index (κ3) is 4.25. The number of sulfonamides is 1. The minimum atomic E-state index is -3.95. The first-order valence-corrected chi connectivity index (χ1v) is 9.93. The van der Waals surface area contributed by atoms with Crippen molar-refractivity contribution in [1.29, 1.82) is 0 Å². The average molecular weight is 405 g/mol. The van der Waals surface area contributed by atoms with Gasteiger partial charge < -0.3 is 14.2 Å². The van der Waals surface area contributed by atoms with E-state index in [2.05, 4.69) is 4.72 Å². The summed E-state index contributed by atoms with van der Waals surface area (Å²) in [5.74, 6) is -0.798. The summed E-state index contributed by atoms with van der Waals surface area (Å²) < 4.78 is 42.9. The molecule has 0 aromatic heterocycles. The maximum Gasteiger partial charge on any atom is 0.347 e. The molecule has 28 heavy (non-hydrogen) atoms. The molecule has 1 N–H and O–H groups in total. The Labute approximate surface area is 162 Å². The van der Waals surface area contributed by atoms with E-state index >= 15 is 0 Å². The Kier molecular flexibility index (Phi) is 5.55. The van der Waals surface area contributed by atoms with Gasteiger partial charge in [-0.3, -0.25) is 4.72 Å². The lowest BCUT2D eigenvalue weighted by Gasteiger charge is -2.13. The van der Waals surface area contributed by atoms with Crippen LogP contribution in [0.15, 0.2) is 47.4 Å². The van der Waals surface area contributed by atoms with Crippen LogP contribution in [0, 0.1) is 6.92 Å². The van der Waals surface area contributed by atoms with Crippen LogP contribution in [0.25, 0.3) is 0 Å². The van der Waals surface area contributed by atoms with Gasteiger partial charge in [-0.25, -0.2) is 18.0 Å². The van der Waals surface area contributed by atoms with Crippen molar-refractivity contribution in [1.82, 2.24) is 0 Å². The molecule has 148 valence electrons. The second kappa shape index (κ2) is 7.89. The summed E-state index contributed by atoms with van der Waals surface area (Å²) in [6, 6.07) is 10.6. The molecule has 0 saturated carbocycles. The van der Waals surface area contributed by atoms with Crippen molar-refractivity contribution in [3.05, 3.63) is 53.6 Å². The van der Waals surface area contributed by atoms with Gasteiger partial charge in [-0.1, -0.05) is 6.07 Å². The van der Waals surface area contributed by atoms with Gasteiger partial charge >= 0.3 is 11.9 Å². The molecule has 0 spiro atoms. The molecular formula is C19H19NO7S. The largest absolute Gasteiger partial charge is 0.497 e. The van der Waals surface area contributed by atoms with Crippen LogP contribution in [0.3, 0.4) is 0 Å². The van der Waals surface area contributed by atoms with Gasteiger partial charge in [-0.05, 0) is 48.9 Å². The maximum atomic E-state index is 12.8. The zero-order valence-electron chi connectivity index (χ0n) is 15.3. The lowest BCUT2D eigenvalue weighted by molar-refractivity contribution is -0.145. The van der Waals surface area contributed by atoms with E-state index in [1.165, 1.54) is 25.3 Å². The zero-order valence-corrected chi connectivity index (χ0v) is 16.1. The Balaban J connectivity index is 1.82. The van der Waals surface area contributed by atoms with Crippen LogP contribution in [-0.4, -0.2) is 40.2 Å². The summed E-state index contributed by atoms with van der Waals surface area (Å²) in [6.07, 6.45) is -0.688. The first-order valence-electron chi connectivity index (χ1n) is 8.45. The Hall–Kier alpha value is -3.07. The average Bonchev–Trinajstić information content (AvgIpc) is 3.06. The van der Waals surface area contributed by atoms with Crippen molar-refractivity contribution >= 4 is 27.6 Å². The monoisotopic (exact) mass is 405 g/mol. The summed E-state index contributed by atoms with van der Waals surface area (Å²) in [4.78, 5) is 23.7. The van der Waals surface area contributed by atoms with E-state index in [1.54, 1.807) is 31.2 Å². The molecule has 0 radical (unpaired) electrons. The molecule has 1 aliphatic rings.